The van der Waals surface area contributed by atoms with Crippen LogP contribution in [0.25, 0.3) is 26.8 Å². The van der Waals surface area contributed by atoms with Crippen molar-refractivity contribution in [1.82, 2.24) is 24.6 Å². The van der Waals surface area contributed by atoms with Crippen LogP contribution >= 0.6 is 0 Å². The van der Waals surface area contributed by atoms with Crippen LogP contribution in [-0.2, 0) is 6.42 Å². The van der Waals surface area contributed by atoms with E-state index in [9.17, 15) is 0 Å². The number of benzene rings is 1. The van der Waals surface area contributed by atoms with Crippen LogP contribution in [0.3, 0.4) is 0 Å². The lowest BCUT2D eigenvalue weighted by Crippen LogP contribution is -2.18. The molecule has 0 N–H and O–H groups in total. The second-order valence-corrected chi connectivity index (χ2v) is 7.51. The van der Waals surface area contributed by atoms with Crippen molar-refractivity contribution in [2.45, 2.75) is 25.8 Å². The zero-order valence-electron chi connectivity index (χ0n) is 15.9. The van der Waals surface area contributed by atoms with Crippen LogP contribution in [0.5, 0.6) is 0 Å². The SMILES string of the molecule is [C-]#[N+]c1ccc2ncc3nc(Cc4cc(C)on4)n([C@H]4CCN(C)C4)c3c2c1. The zero-order valence-corrected chi connectivity index (χ0v) is 15.9. The van der Waals surface area contributed by atoms with E-state index in [1.165, 1.54) is 0 Å². The predicted molar refractivity (Wildman–Crippen MR) is 106 cm³/mol. The molecule has 0 saturated carbocycles. The molecule has 5 rings (SSSR count). The first-order valence-corrected chi connectivity index (χ1v) is 9.40. The van der Waals surface area contributed by atoms with Crippen molar-refractivity contribution in [3.05, 3.63) is 59.2 Å². The lowest BCUT2D eigenvalue weighted by Gasteiger charge is -2.17. The van der Waals surface area contributed by atoms with Gasteiger partial charge in [0, 0.05) is 24.0 Å². The Morgan fingerprint density at radius 3 is 2.89 bits per heavy atom. The fraction of sp³-hybridized carbons (Fsp3) is 0.333. The minimum atomic E-state index is 0.334. The van der Waals surface area contributed by atoms with Crippen molar-refractivity contribution in [2.24, 2.45) is 0 Å². The highest BCUT2D eigenvalue weighted by Crippen LogP contribution is 2.33. The molecule has 140 valence electrons. The van der Waals surface area contributed by atoms with Crippen molar-refractivity contribution in [1.29, 1.82) is 0 Å². The summed E-state index contributed by atoms with van der Waals surface area (Å²) in [4.78, 5) is 15.4. The van der Waals surface area contributed by atoms with Crippen LogP contribution in [-0.4, -0.2) is 44.7 Å². The van der Waals surface area contributed by atoms with E-state index in [0.717, 1.165) is 58.7 Å². The van der Waals surface area contributed by atoms with Gasteiger partial charge in [0.2, 0.25) is 0 Å². The molecular weight excluding hydrogens is 352 g/mol. The summed E-state index contributed by atoms with van der Waals surface area (Å²) in [7, 11) is 2.15. The molecule has 4 aromatic rings. The summed E-state index contributed by atoms with van der Waals surface area (Å²) < 4.78 is 7.60. The smallest absolute Gasteiger partial charge is 0.188 e. The average Bonchev–Trinajstić information content (AvgIpc) is 3.39. The van der Waals surface area contributed by atoms with Gasteiger partial charge in [-0.05, 0) is 39.1 Å². The fourth-order valence-corrected chi connectivity index (χ4v) is 4.19. The summed E-state index contributed by atoms with van der Waals surface area (Å²) in [5, 5.41) is 5.14. The largest absolute Gasteiger partial charge is 0.361 e. The molecule has 4 heterocycles. The number of pyridine rings is 1. The van der Waals surface area contributed by atoms with E-state index in [1.54, 1.807) is 0 Å². The number of likely N-dealkylation sites (N-methyl/N-ethyl adjacent to an activating group) is 1. The molecule has 0 radical (unpaired) electrons. The predicted octanol–water partition coefficient (Wildman–Crippen LogP) is 3.90. The standard InChI is InChI=1S/C21H20N6O/c1-13-8-15(25-28-13)10-20-24-19-11-23-18-5-4-14(22-2)9-17(18)21(19)27(20)16-6-7-26(3)12-16/h4-5,8-9,11,16H,6-7,10,12H2,1,3H3/t16-/m0/s1. The van der Waals surface area contributed by atoms with Crippen molar-refractivity contribution in [3.8, 4) is 0 Å². The van der Waals surface area contributed by atoms with Gasteiger partial charge in [0.05, 0.1) is 35.9 Å². The van der Waals surface area contributed by atoms with Gasteiger partial charge in [-0.1, -0.05) is 11.2 Å². The number of likely N-dealkylation sites (tertiary alicyclic amines) is 1. The molecule has 1 aliphatic rings. The molecule has 0 spiro atoms. The normalized spacial score (nSPS) is 17.5. The molecule has 0 unspecified atom stereocenters. The van der Waals surface area contributed by atoms with Gasteiger partial charge in [0.15, 0.2) is 5.69 Å². The number of fused-ring (bicyclic) bond motifs is 3. The molecule has 1 aromatic carbocycles. The van der Waals surface area contributed by atoms with Gasteiger partial charge in [-0.15, -0.1) is 0 Å². The molecular formula is C21H20N6O. The van der Waals surface area contributed by atoms with E-state index in [2.05, 4.69) is 31.5 Å². The van der Waals surface area contributed by atoms with E-state index in [0.29, 0.717) is 18.2 Å². The highest BCUT2D eigenvalue weighted by atomic mass is 16.5. The number of nitrogens with zero attached hydrogens (tertiary/aromatic N) is 6. The number of aromatic nitrogens is 4. The quantitative estimate of drug-likeness (QED) is 0.510. The Balaban J connectivity index is 1.76. The molecule has 1 saturated heterocycles. The summed E-state index contributed by atoms with van der Waals surface area (Å²) in [5.74, 6) is 1.76. The Bertz CT molecular complexity index is 1230. The average molecular weight is 372 g/mol. The zero-order chi connectivity index (χ0) is 19.3. The molecule has 0 bridgehead atoms. The molecule has 3 aromatic heterocycles. The first-order chi connectivity index (χ1) is 13.6. The van der Waals surface area contributed by atoms with Crippen LogP contribution < -0.4 is 0 Å². The maximum atomic E-state index is 7.39. The number of rotatable bonds is 3. The summed E-state index contributed by atoms with van der Waals surface area (Å²) in [6, 6.07) is 7.95. The third-order valence-corrected chi connectivity index (χ3v) is 5.45. The van der Waals surface area contributed by atoms with Crippen molar-refractivity contribution in [2.75, 3.05) is 20.1 Å². The molecule has 1 fully saturated rings. The number of hydrogen-bond donors (Lipinski definition) is 0. The van der Waals surface area contributed by atoms with Crippen LogP contribution in [0.15, 0.2) is 35.0 Å². The van der Waals surface area contributed by atoms with E-state index >= 15 is 0 Å². The topological polar surface area (TPSA) is 64.3 Å². The lowest BCUT2D eigenvalue weighted by atomic mass is 10.1. The summed E-state index contributed by atoms with van der Waals surface area (Å²) in [5.41, 5.74) is 4.30. The minimum absolute atomic E-state index is 0.334. The van der Waals surface area contributed by atoms with E-state index < -0.39 is 0 Å². The third kappa shape index (κ3) is 2.74. The van der Waals surface area contributed by atoms with Gasteiger partial charge in [-0.2, -0.15) is 0 Å². The Kier molecular flexibility index (Phi) is 3.88. The van der Waals surface area contributed by atoms with Gasteiger partial charge in [-0.25, -0.2) is 9.83 Å². The third-order valence-electron chi connectivity index (χ3n) is 5.45. The van der Waals surface area contributed by atoms with Gasteiger partial charge >= 0.3 is 0 Å². The molecule has 1 atom stereocenters. The monoisotopic (exact) mass is 372 g/mol. The van der Waals surface area contributed by atoms with Crippen molar-refractivity contribution < 1.29 is 4.52 Å². The summed E-state index contributed by atoms with van der Waals surface area (Å²) in [6.07, 6.45) is 3.51. The second kappa shape index (κ2) is 6.43. The van der Waals surface area contributed by atoms with Crippen molar-refractivity contribution >= 4 is 27.6 Å². The minimum Gasteiger partial charge on any atom is -0.361 e. The number of hydrogen-bond acceptors (Lipinski definition) is 5. The Hall–Kier alpha value is -3.24. The highest BCUT2D eigenvalue weighted by Gasteiger charge is 2.27. The molecule has 28 heavy (non-hydrogen) atoms. The van der Waals surface area contributed by atoms with Gasteiger partial charge in [0.1, 0.15) is 17.1 Å². The molecule has 7 nitrogen and oxygen atoms in total. The van der Waals surface area contributed by atoms with Gasteiger partial charge < -0.3 is 14.0 Å². The van der Waals surface area contributed by atoms with Crippen molar-refractivity contribution in [3.63, 3.8) is 0 Å². The highest BCUT2D eigenvalue weighted by molar-refractivity contribution is 6.03. The van der Waals surface area contributed by atoms with Gasteiger partial charge in [0.25, 0.3) is 0 Å². The van der Waals surface area contributed by atoms with Crippen LogP contribution in [0.2, 0.25) is 0 Å². The Morgan fingerprint density at radius 1 is 1.29 bits per heavy atom. The molecule has 0 aliphatic carbocycles. The first kappa shape index (κ1) is 16.9. The van der Waals surface area contributed by atoms with Crippen LogP contribution in [0.4, 0.5) is 5.69 Å². The van der Waals surface area contributed by atoms with Crippen LogP contribution in [0, 0.1) is 13.5 Å². The molecule has 1 aliphatic heterocycles. The lowest BCUT2D eigenvalue weighted by molar-refractivity contribution is 0.387. The van der Waals surface area contributed by atoms with Gasteiger partial charge in [-0.3, -0.25) is 4.98 Å². The number of imidazole rings is 1. The Morgan fingerprint density at radius 2 is 2.18 bits per heavy atom. The maximum absolute atomic E-state index is 7.39. The second-order valence-electron chi connectivity index (χ2n) is 7.51. The summed E-state index contributed by atoms with van der Waals surface area (Å²) in [6.45, 7) is 11.3. The van der Waals surface area contributed by atoms with E-state index in [1.807, 2.05) is 37.4 Å². The maximum Gasteiger partial charge on any atom is 0.188 e. The van der Waals surface area contributed by atoms with E-state index in [-0.39, 0.29) is 0 Å². The number of aryl methyl sites for hydroxylation is 1. The van der Waals surface area contributed by atoms with E-state index in [4.69, 9.17) is 16.1 Å². The van der Waals surface area contributed by atoms with Crippen LogP contribution in [0.1, 0.15) is 29.7 Å². The summed E-state index contributed by atoms with van der Waals surface area (Å²) >= 11 is 0. The molecule has 7 heteroatoms. The fourth-order valence-electron chi connectivity index (χ4n) is 4.19. The molecule has 0 amide bonds. The first-order valence-electron chi connectivity index (χ1n) is 9.40. The Labute approximate surface area is 162 Å².